The van der Waals surface area contributed by atoms with E-state index in [4.69, 9.17) is 14.2 Å². The lowest BCUT2D eigenvalue weighted by Crippen LogP contribution is -2.27. The average molecular weight is 424 g/mol. The van der Waals surface area contributed by atoms with E-state index in [0.717, 1.165) is 16.9 Å². The number of anilines is 1. The number of esters is 1. The molecule has 0 atom stereocenters. The molecule has 0 unspecified atom stereocenters. The third-order valence-corrected chi connectivity index (χ3v) is 4.61. The van der Waals surface area contributed by atoms with Gasteiger partial charge in [0.05, 0.1) is 13.7 Å². The molecule has 7 nitrogen and oxygen atoms in total. The lowest BCUT2D eigenvalue weighted by Gasteiger charge is -2.18. The fourth-order valence-corrected chi connectivity index (χ4v) is 3.34. The number of nitrogens with one attached hydrogen (secondary N) is 1. The van der Waals surface area contributed by atoms with E-state index in [-0.39, 0.29) is 23.2 Å². The largest absolute Gasteiger partial charge is 0.491 e. The van der Waals surface area contributed by atoms with Crippen molar-refractivity contribution in [2.45, 2.75) is 46.1 Å². The molecule has 0 fully saturated rings. The molecular formula is C20H25FN2O5S. The van der Waals surface area contributed by atoms with Gasteiger partial charge in [0, 0.05) is 4.88 Å². The Hall–Kier alpha value is -2.68. The quantitative estimate of drug-likeness (QED) is 0.510. The molecule has 0 spiro atoms. The van der Waals surface area contributed by atoms with E-state index in [0.29, 0.717) is 17.7 Å². The summed E-state index contributed by atoms with van der Waals surface area (Å²) in [6, 6.07) is 4.76. The van der Waals surface area contributed by atoms with Gasteiger partial charge in [-0.05, 0) is 58.2 Å². The smallest absolute Gasteiger partial charge is 0.413 e. The van der Waals surface area contributed by atoms with E-state index in [1.54, 1.807) is 39.8 Å². The number of rotatable bonds is 7. The molecule has 158 valence electrons. The second kappa shape index (κ2) is 9.69. The minimum Gasteiger partial charge on any atom is -0.491 e. The van der Waals surface area contributed by atoms with Crippen LogP contribution in [0.4, 0.5) is 14.3 Å². The monoisotopic (exact) mass is 424 g/mol. The first-order valence-corrected chi connectivity index (χ1v) is 9.87. The lowest BCUT2D eigenvalue weighted by atomic mass is 10.2. The standard InChI is InChI=1S/C20H25FN2O5S/c1-12-8-9-14(13(21)11-12)27-10-6-7-15-16(17(24)26-5)22-18(29-15)23-19(25)28-20(2,3)4/h8-9,11H,6-7,10H2,1-5H3,(H,22,23,25). The zero-order valence-electron chi connectivity index (χ0n) is 17.1. The van der Waals surface area contributed by atoms with Crippen LogP contribution in [0.5, 0.6) is 5.75 Å². The third-order valence-electron chi connectivity index (χ3n) is 3.58. The molecule has 9 heteroatoms. The fraction of sp³-hybridized carbons (Fsp3) is 0.450. The van der Waals surface area contributed by atoms with E-state index >= 15 is 0 Å². The number of amides is 1. The van der Waals surface area contributed by atoms with Gasteiger partial charge in [0.2, 0.25) is 0 Å². The third kappa shape index (κ3) is 7.01. The van der Waals surface area contributed by atoms with E-state index < -0.39 is 23.5 Å². The Balaban J connectivity index is 1.99. The molecule has 0 aliphatic carbocycles. The molecule has 2 rings (SSSR count). The molecule has 0 saturated carbocycles. The number of aromatic nitrogens is 1. The van der Waals surface area contributed by atoms with Crippen LogP contribution in [0.3, 0.4) is 0 Å². The highest BCUT2D eigenvalue weighted by Gasteiger charge is 2.22. The summed E-state index contributed by atoms with van der Waals surface area (Å²) >= 11 is 1.16. The lowest BCUT2D eigenvalue weighted by molar-refractivity contribution is 0.0589. The number of carbonyl (C=O) groups excluding carboxylic acids is 2. The maximum absolute atomic E-state index is 13.8. The number of carbonyl (C=O) groups is 2. The van der Waals surface area contributed by atoms with Crippen LogP contribution in [0.25, 0.3) is 0 Å². The summed E-state index contributed by atoms with van der Waals surface area (Å²) < 4.78 is 29.2. The van der Waals surface area contributed by atoms with Crippen LogP contribution >= 0.6 is 11.3 Å². The van der Waals surface area contributed by atoms with Crippen molar-refractivity contribution in [2.24, 2.45) is 0 Å². The second-order valence-corrected chi connectivity index (χ2v) is 8.38. The maximum atomic E-state index is 13.8. The van der Waals surface area contributed by atoms with Crippen molar-refractivity contribution < 1.29 is 28.2 Å². The topological polar surface area (TPSA) is 86.8 Å². The Kier molecular flexibility index (Phi) is 7.55. The summed E-state index contributed by atoms with van der Waals surface area (Å²) in [5.41, 5.74) is 0.287. The molecule has 1 N–H and O–H groups in total. The van der Waals surface area contributed by atoms with Crippen LogP contribution in [0.2, 0.25) is 0 Å². The average Bonchev–Trinajstić information content (AvgIpc) is 3.00. The minimum atomic E-state index is -0.660. The molecule has 1 aromatic heterocycles. The number of halogens is 1. The van der Waals surface area contributed by atoms with Crippen molar-refractivity contribution in [3.8, 4) is 5.75 Å². The van der Waals surface area contributed by atoms with Crippen LogP contribution in [0.1, 0.15) is 48.1 Å². The molecule has 1 heterocycles. The van der Waals surface area contributed by atoms with E-state index in [1.807, 2.05) is 0 Å². The predicted molar refractivity (Wildman–Crippen MR) is 108 cm³/mol. The number of thiazole rings is 1. The Labute approximate surface area is 173 Å². The molecule has 2 aromatic rings. The SMILES string of the molecule is COC(=O)c1nc(NC(=O)OC(C)(C)C)sc1CCCOc1ccc(C)cc1F. The number of aryl methyl sites for hydroxylation is 2. The van der Waals surface area contributed by atoms with Crippen LogP contribution in [-0.2, 0) is 15.9 Å². The van der Waals surface area contributed by atoms with Gasteiger partial charge in [-0.1, -0.05) is 6.07 Å². The summed E-state index contributed by atoms with van der Waals surface area (Å²) in [5, 5.41) is 2.76. The number of benzene rings is 1. The number of ether oxygens (including phenoxy) is 3. The van der Waals surface area contributed by atoms with Gasteiger partial charge in [-0.25, -0.2) is 19.0 Å². The minimum absolute atomic E-state index is 0.130. The van der Waals surface area contributed by atoms with E-state index in [1.165, 1.54) is 13.2 Å². The van der Waals surface area contributed by atoms with Crippen molar-refractivity contribution >= 4 is 28.5 Å². The normalized spacial score (nSPS) is 11.1. The molecule has 0 aliphatic rings. The van der Waals surface area contributed by atoms with Crippen LogP contribution < -0.4 is 10.1 Å². The molecular weight excluding hydrogens is 399 g/mol. The van der Waals surface area contributed by atoms with Crippen molar-refractivity contribution in [2.75, 3.05) is 19.0 Å². The predicted octanol–water partition coefficient (Wildman–Crippen LogP) is 4.74. The number of nitrogens with zero attached hydrogens (tertiary/aromatic N) is 1. The number of hydrogen-bond acceptors (Lipinski definition) is 7. The first-order valence-electron chi connectivity index (χ1n) is 9.06. The summed E-state index contributed by atoms with van der Waals surface area (Å²) in [7, 11) is 1.26. The Bertz CT molecular complexity index is 876. The van der Waals surface area contributed by atoms with Crippen molar-refractivity contribution in [1.29, 1.82) is 0 Å². The molecule has 1 amide bonds. The maximum Gasteiger partial charge on any atom is 0.413 e. The van der Waals surface area contributed by atoms with Gasteiger partial charge >= 0.3 is 12.1 Å². The van der Waals surface area contributed by atoms with Gasteiger partial charge in [-0.2, -0.15) is 0 Å². The number of hydrogen-bond donors (Lipinski definition) is 1. The van der Waals surface area contributed by atoms with Crippen LogP contribution in [-0.4, -0.2) is 36.4 Å². The van der Waals surface area contributed by atoms with Crippen LogP contribution in [0, 0.1) is 12.7 Å². The number of methoxy groups -OCH3 is 1. The highest BCUT2D eigenvalue weighted by atomic mass is 32.1. The van der Waals surface area contributed by atoms with Crippen molar-refractivity contribution in [3.05, 3.63) is 40.2 Å². The van der Waals surface area contributed by atoms with E-state index in [2.05, 4.69) is 10.3 Å². The zero-order chi connectivity index (χ0) is 21.6. The summed E-state index contributed by atoms with van der Waals surface area (Å²) in [6.45, 7) is 7.30. The van der Waals surface area contributed by atoms with Crippen molar-refractivity contribution in [1.82, 2.24) is 4.98 Å². The van der Waals surface area contributed by atoms with Gasteiger partial charge in [-0.15, -0.1) is 11.3 Å². The Morgan fingerprint density at radius 3 is 2.62 bits per heavy atom. The summed E-state index contributed by atoms with van der Waals surface area (Å²) in [5.74, 6) is -0.832. The van der Waals surface area contributed by atoms with Crippen molar-refractivity contribution in [3.63, 3.8) is 0 Å². The van der Waals surface area contributed by atoms with Gasteiger partial charge in [0.25, 0.3) is 0 Å². The van der Waals surface area contributed by atoms with E-state index in [9.17, 15) is 14.0 Å². The molecule has 1 aromatic carbocycles. The molecule has 29 heavy (non-hydrogen) atoms. The first-order chi connectivity index (χ1) is 13.6. The molecule has 0 bridgehead atoms. The summed E-state index contributed by atoms with van der Waals surface area (Å²) in [4.78, 5) is 28.7. The Morgan fingerprint density at radius 1 is 1.28 bits per heavy atom. The summed E-state index contributed by atoms with van der Waals surface area (Å²) in [6.07, 6.45) is 0.309. The van der Waals surface area contributed by atoms with Gasteiger partial charge in [0.1, 0.15) is 5.60 Å². The first kappa shape index (κ1) is 22.6. The molecule has 0 radical (unpaired) electrons. The highest BCUT2D eigenvalue weighted by molar-refractivity contribution is 7.16. The van der Waals surface area contributed by atoms with Gasteiger partial charge < -0.3 is 14.2 Å². The molecule has 0 aliphatic heterocycles. The van der Waals surface area contributed by atoms with Gasteiger partial charge in [-0.3, -0.25) is 5.32 Å². The second-order valence-electron chi connectivity index (χ2n) is 7.30. The fourth-order valence-electron chi connectivity index (χ4n) is 2.36. The Morgan fingerprint density at radius 2 is 2.00 bits per heavy atom. The van der Waals surface area contributed by atoms with Gasteiger partial charge in [0.15, 0.2) is 22.4 Å². The highest BCUT2D eigenvalue weighted by Crippen LogP contribution is 2.26. The van der Waals surface area contributed by atoms with Crippen LogP contribution in [0.15, 0.2) is 18.2 Å². The zero-order valence-corrected chi connectivity index (χ0v) is 17.9. The molecule has 0 saturated heterocycles.